The van der Waals surface area contributed by atoms with Gasteiger partial charge in [-0.2, -0.15) is 0 Å². The molecule has 2 nitrogen and oxygen atoms in total. The van der Waals surface area contributed by atoms with Crippen molar-refractivity contribution in [3.63, 3.8) is 0 Å². The summed E-state index contributed by atoms with van der Waals surface area (Å²) in [5, 5.41) is 3.09. The molecule has 0 atom stereocenters. The van der Waals surface area contributed by atoms with Crippen LogP contribution in [0.25, 0.3) is 0 Å². The van der Waals surface area contributed by atoms with Crippen LogP contribution in [-0.2, 0) is 11.3 Å². The first-order valence-electron chi connectivity index (χ1n) is 4.12. The van der Waals surface area contributed by atoms with Crippen LogP contribution in [0.1, 0.15) is 5.56 Å². The molecule has 0 fully saturated rings. The highest BCUT2D eigenvalue weighted by Crippen LogP contribution is 2.09. The van der Waals surface area contributed by atoms with E-state index in [0.29, 0.717) is 13.2 Å². The van der Waals surface area contributed by atoms with E-state index in [1.165, 1.54) is 0 Å². The zero-order valence-electron chi connectivity index (χ0n) is 7.71. The number of ether oxygens (including phenoxy) is 1. The summed E-state index contributed by atoms with van der Waals surface area (Å²) in [5.41, 5.74) is 2.20. The van der Waals surface area contributed by atoms with Crippen LogP contribution in [0.3, 0.4) is 0 Å². The van der Waals surface area contributed by atoms with Gasteiger partial charge in [-0.15, -0.1) is 6.42 Å². The van der Waals surface area contributed by atoms with Crippen LogP contribution in [0.2, 0.25) is 0 Å². The van der Waals surface area contributed by atoms with Crippen molar-refractivity contribution in [3.8, 4) is 12.3 Å². The highest BCUT2D eigenvalue weighted by Gasteiger charge is 1.92. The molecule has 1 N–H and O–H groups in total. The lowest BCUT2D eigenvalue weighted by molar-refractivity contribution is 0.185. The zero-order chi connectivity index (χ0) is 9.52. The quantitative estimate of drug-likeness (QED) is 0.705. The molecule has 0 aliphatic carbocycles. The SMILES string of the molecule is C#CCNc1ccc(COC)cc1. The number of anilines is 1. The number of hydrogen-bond acceptors (Lipinski definition) is 2. The molecule has 0 radical (unpaired) electrons. The zero-order valence-corrected chi connectivity index (χ0v) is 7.71. The summed E-state index contributed by atoms with van der Waals surface area (Å²) >= 11 is 0. The van der Waals surface area contributed by atoms with E-state index in [0.717, 1.165) is 11.3 Å². The van der Waals surface area contributed by atoms with Gasteiger partial charge in [0.15, 0.2) is 0 Å². The molecule has 1 aromatic rings. The Bertz CT molecular complexity index is 284. The van der Waals surface area contributed by atoms with Crippen molar-refractivity contribution < 1.29 is 4.74 Å². The lowest BCUT2D eigenvalue weighted by Gasteiger charge is -2.03. The Hall–Kier alpha value is -1.46. The van der Waals surface area contributed by atoms with Gasteiger partial charge in [0.25, 0.3) is 0 Å². The van der Waals surface area contributed by atoms with Crippen molar-refractivity contribution in [2.24, 2.45) is 0 Å². The van der Waals surface area contributed by atoms with Crippen LogP contribution in [0.4, 0.5) is 5.69 Å². The predicted octanol–water partition coefficient (Wildman–Crippen LogP) is 1.88. The van der Waals surface area contributed by atoms with Crippen molar-refractivity contribution in [1.82, 2.24) is 0 Å². The van der Waals surface area contributed by atoms with E-state index < -0.39 is 0 Å². The number of hydrogen-bond donors (Lipinski definition) is 1. The molecule has 1 aromatic carbocycles. The van der Waals surface area contributed by atoms with E-state index in [1.807, 2.05) is 24.3 Å². The number of rotatable bonds is 4. The van der Waals surface area contributed by atoms with Gasteiger partial charge in [-0.25, -0.2) is 0 Å². The average molecular weight is 175 g/mol. The molecule has 0 aromatic heterocycles. The summed E-state index contributed by atoms with van der Waals surface area (Å²) in [6.07, 6.45) is 5.12. The lowest BCUT2D eigenvalue weighted by atomic mass is 10.2. The fraction of sp³-hybridized carbons (Fsp3) is 0.273. The minimum absolute atomic E-state index is 0.559. The molecule has 1 rings (SSSR count). The topological polar surface area (TPSA) is 21.3 Å². The molecule has 0 saturated heterocycles. The van der Waals surface area contributed by atoms with Crippen molar-refractivity contribution in [1.29, 1.82) is 0 Å². The van der Waals surface area contributed by atoms with Gasteiger partial charge in [0.05, 0.1) is 13.2 Å². The van der Waals surface area contributed by atoms with Crippen molar-refractivity contribution >= 4 is 5.69 Å². The van der Waals surface area contributed by atoms with Gasteiger partial charge in [0.1, 0.15) is 0 Å². The first kappa shape index (κ1) is 9.63. The summed E-state index contributed by atoms with van der Waals surface area (Å²) in [6.45, 7) is 1.21. The normalized spacial score (nSPS) is 9.23. The Morgan fingerprint density at radius 1 is 1.38 bits per heavy atom. The van der Waals surface area contributed by atoms with Crippen LogP contribution >= 0.6 is 0 Å². The largest absolute Gasteiger partial charge is 0.380 e. The van der Waals surface area contributed by atoms with Gasteiger partial charge in [-0.05, 0) is 17.7 Å². The van der Waals surface area contributed by atoms with Crippen LogP contribution in [0, 0.1) is 12.3 Å². The molecular weight excluding hydrogens is 162 g/mol. The summed E-state index contributed by atoms with van der Waals surface area (Å²) in [6, 6.07) is 8.02. The second-order valence-electron chi connectivity index (χ2n) is 2.69. The third-order valence-corrected chi connectivity index (χ3v) is 1.66. The molecule has 0 unspecified atom stereocenters. The Morgan fingerprint density at radius 3 is 2.62 bits per heavy atom. The van der Waals surface area contributed by atoms with E-state index >= 15 is 0 Å². The number of nitrogens with one attached hydrogen (secondary N) is 1. The molecule has 68 valence electrons. The number of methoxy groups -OCH3 is 1. The monoisotopic (exact) mass is 175 g/mol. The molecule has 0 heterocycles. The van der Waals surface area contributed by atoms with E-state index in [2.05, 4.69) is 11.2 Å². The Labute approximate surface area is 78.9 Å². The average Bonchev–Trinajstić information content (AvgIpc) is 2.17. The molecule has 0 bridgehead atoms. The maximum absolute atomic E-state index is 5.12. The second-order valence-corrected chi connectivity index (χ2v) is 2.69. The summed E-state index contributed by atoms with van der Waals surface area (Å²) in [4.78, 5) is 0. The van der Waals surface area contributed by atoms with Crippen molar-refractivity contribution in [3.05, 3.63) is 29.8 Å². The van der Waals surface area contributed by atoms with Crippen molar-refractivity contribution in [2.45, 2.75) is 6.61 Å². The smallest absolute Gasteiger partial charge is 0.0763 e. The van der Waals surface area contributed by atoms with Crippen molar-refractivity contribution in [2.75, 3.05) is 19.0 Å². The van der Waals surface area contributed by atoms with Gasteiger partial charge in [0, 0.05) is 12.8 Å². The molecule has 0 amide bonds. The molecule has 0 saturated carbocycles. The fourth-order valence-electron chi connectivity index (χ4n) is 1.04. The predicted molar refractivity (Wildman–Crippen MR) is 54.5 cm³/mol. The minimum atomic E-state index is 0.559. The van der Waals surface area contributed by atoms with Crippen LogP contribution in [0.15, 0.2) is 24.3 Å². The van der Waals surface area contributed by atoms with Gasteiger partial charge in [-0.1, -0.05) is 18.1 Å². The molecular formula is C11H13NO. The fourth-order valence-corrected chi connectivity index (χ4v) is 1.04. The summed E-state index contributed by atoms with van der Waals surface area (Å²) in [7, 11) is 1.69. The van der Waals surface area contributed by atoms with Crippen LogP contribution in [-0.4, -0.2) is 13.7 Å². The number of benzene rings is 1. The first-order valence-corrected chi connectivity index (χ1v) is 4.12. The Morgan fingerprint density at radius 2 is 2.08 bits per heavy atom. The molecule has 0 spiro atoms. The Kier molecular flexibility index (Phi) is 3.87. The summed E-state index contributed by atoms with van der Waals surface area (Å²) < 4.78 is 5.00. The number of terminal acetylenes is 1. The third kappa shape index (κ3) is 3.18. The Balaban J connectivity index is 2.54. The molecule has 13 heavy (non-hydrogen) atoms. The lowest BCUT2D eigenvalue weighted by Crippen LogP contribution is -1.98. The highest BCUT2D eigenvalue weighted by molar-refractivity contribution is 5.45. The summed E-state index contributed by atoms with van der Waals surface area (Å²) in [5.74, 6) is 2.52. The molecule has 2 heteroatoms. The first-order chi connectivity index (χ1) is 6.36. The van der Waals surface area contributed by atoms with E-state index in [1.54, 1.807) is 7.11 Å². The standard InChI is InChI=1S/C11H13NO/c1-3-8-12-11-6-4-10(5-7-11)9-13-2/h1,4-7,12H,8-9H2,2H3. The van der Waals surface area contributed by atoms with E-state index in [-0.39, 0.29) is 0 Å². The highest BCUT2D eigenvalue weighted by atomic mass is 16.5. The van der Waals surface area contributed by atoms with Gasteiger partial charge in [-0.3, -0.25) is 0 Å². The van der Waals surface area contributed by atoms with E-state index in [9.17, 15) is 0 Å². The van der Waals surface area contributed by atoms with Gasteiger partial charge in [0.2, 0.25) is 0 Å². The minimum Gasteiger partial charge on any atom is -0.380 e. The van der Waals surface area contributed by atoms with Gasteiger partial charge < -0.3 is 10.1 Å². The van der Waals surface area contributed by atoms with Crippen LogP contribution in [0.5, 0.6) is 0 Å². The maximum Gasteiger partial charge on any atom is 0.0763 e. The van der Waals surface area contributed by atoms with E-state index in [4.69, 9.17) is 11.2 Å². The van der Waals surface area contributed by atoms with Gasteiger partial charge >= 0.3 is 0 Å². The third-order valence-electron chi connectivity index (χ3n) is 1.66. The second kappa shape index (κ2) is 5.23. The molecule has 0 aliphatic heterocycles. The molecule has 0 aliphatic rings. The van der Waals surface area contributed by atoms with Crippen LogP contribution < -0.4 is 5.32 Å². The maximum atomic E-state index is 5.12.